The van der Waals surface area contributed by atoms with Gasteiger partial charge in [0.05, 0.1) is 17.0 Å². The molecule has 1 N–H and O–H groups in total. The summed E-state index contributed by atoms with van der Waals surface area (Å²) >= 11 is 12.0. The lowest BCUT2D eigenvalue weighted by Crippen LogP contribution is -2.53. The maximum Gasteiger partial charge on any atom is 0.244 e. The van der Waals surface area contributed by atoms with E-state index in [4.69, 9.17) is 23.2 Å². The highest BCUT2D eigenvalue weighted by Crippen LogP contribution is 2.25. The molecule has 214 valence electrons. The standard InChI is InChI=1S/C29H32Cl2FN3O4S/c1-20(2)17-33-29(37)27(15-21-7-5-4-6-8-21)34(18-22-9-11-23(30)12-10-22)28(36)19-35(40(3,38)39)24-13-14-26(32)25(31)16-24/h4-14,16,20,27H,15,17-19H2,1-3H3,(H,33,37). The number of anilines is 1. The molecule has 40 heavy (non-hydrogen) atoms. The molecule has 0 spiro atoms. The Labute approximate surface area is 244 Å². The van der Waals surface area contributed by atoms with E-state index in [0.29, 0.717) is 17.1 Å². The lowest BCUT2D eigenvalue weighted by molar-refractivity contribution is -0.140. The van der Waals surface area contributed by atoms with Gasteiger partial charge in [-0.15, -0.1) is 0 Å². The minimum atomic E-state index is -3.99. The summed E-state index contributed by atoms with van der Waals surface area (Å²) in [5.41, 5.74) is 1.55. The monoisotopic (exact) mass is 607 g/mol. The largest absolute Gasteiger partial charge is 0.354 e. The second kappa shape index (κ2) is 14.0. The van der Waals surface area contributed by atoms with Crippen molar-refractivity contribution in [1.29, 1.82) is 0 Å². The van der Waals surface area contributed by atoms with Gasteiger partial charge in [0.2, 0.25) is 21.8 Å². The molecule has 0 aliphatic carbocycles. The zero-order valence-electron chi connectivity index (χ0n) is 22.5. The minimum absolute atomic E-state index is 0.0182. The number of halogens is 3. The zero-order chi connectivity index (χ0) is 29.4. The topological polar surface area (TPSA) is 86.8 Å². The number of carbonyl (C=O) groups is 2. The molecule has 0 aliphatic rings. The van der Waals surface area contributed by atoms with E-state index < -0.39 is 34.3 Å². The highest BCUT2D eigenvalue weighted by molar-refractivity contribution is 7.92. The second-order valence-electron chi connectivity index (χ2n) is 9.86. The first kappa shape index (κ1) is 31.4. The second-order valence-corrected chi connectivity index (χ2v) is 12.6. The molecule has 0 heterocycles. The maximum absolute atomic E-state index is 14.0. The predicted molar refractivity (Wildman–Crippen MR) is 157 cm³/mol. The molecule has 0 radical (unpaired) electrons. The van der Waals surface area contributed by atoms with Gasteiger partial charge in [-0.3, -0.25) is 13.9 Å². The Balaban J connectivity index is 2.05. The summed E-state index contributed by atoms with van der Waals surface area (Å²) in [5, 5.41) is 3.14. The first-order valence-corrected chi connectivity index (χ1v) is 15.2. The molecule has 0 aliphatic heterocycles. The van der Waals surface area contributed by atoms with Crippen LogP contribution in [0.25, 0.3) is 0 Å². The van der Waals surface area contributed by atoms with Crippen LogP contribution in [0.15, 0.2) is 72.8 Å². The van der Waals surface area contributed by atoms with Crippen LogP contribution in [0.3, 0.4) is 0 Å². The van der Waals surface area contributed by atoms with E-state index in [9.17, 15) is 22.4 Å². The molecule has 0 saturated heterocycles. The lowest BCUT2D eigenvalue weighted by Gasteiger charge is -2.33. The van der Waals surface area contributed by atoms with Gasteiger partial charge in [0.25, 0.3) is 0 Å². The maximum atomic E-state index is 14.0. The summed E-state index contributed by atoms with van der Waals surface area (Å²) in [6.45, 7) is 3.71. The first-order chi connectivity index (χ1) is 18.8. The van der Waals surface area contributed by atoms with Crippen molar-refractivity contribution >= 4 is 50.7 Å². The van der Waals surface area contributed by atoms with Crippen molar-refractivity contribution in [1.82, 2.24) is 10.2 Å². The molecule has 3 aromatic carbocycles. The summed E-state index contributed by atoms with van der Waals surface area (Å²) in [6, 6.07) is 18.5. The Hall–Kier alpha value is -3.14. The van der Waals surface area contributed by atoms with E-state index in [-0.39, 0.29) is 35.5 Å². The SMILES string of the molecule is CC(C)CNC(=O)C(Cc1ccccc1)N(Cc1ccc(Cl)cc1)C(=O)CN(c1ccc(F)c(Cl)c1)S(C)(=O)=O. The molecule has 1 atom stereocenters. The Morgan fingerprint density at radius 2 is 1.60 bits per heavy atom. The Kier molecular flexibility index (Phi) is 11.0. The Morgan fingerprint density at radius 3 is 2.17 bits per heavy atom. The van der Waals surface area contributed by atoms with Gasteiger partial charge in [-0.1, -0.05) is 79.5 Å². The predicted octanol–water partition coefficient (Wildman–Crippen LogP) is 5.31. The van der Waals surface area contributed by atoms with Crippen LogP contribution < -0.4 is 9.62 Å². The van der Waals surface area contributed by atoms with Crippen LogP contribution in [0.4, 0.5) is 10.1 Å². The molecule has 0 saturated carbocycles. The molecule has 3 aromatic rings. The van der Waals surface area contributed by atoms with Crippen molar-refractivity contribution in [3.8, 4) is 0 Å². The molecule has 11 heteroatoms. The van der Waals surface area contributed by atoms with E-state index in [1.54, 1.807) is 24.3 Å². The van der Waals surface area contributed by atoms with Crippen molar-refractivity contribution in [2.45, 2.75) is 32.9 Å². The molecule has 0 fully saturated rings. The van der Waals surface area contributed by atoms with Crippen LogP contribution >= 0.6 is 23.2 Å². The normalized spacial score (nSPS) is 12.2. The van der Waals surface area contributed by atoms with Crippen LogP contribution in [0.1, 0.15) is 25.0 Å². The van der Waals surface area contributed by atoms with Crippen LogP contribution in [-0.4, -0.2) is 50.5 Å². The fourth-order valence-corrected chi connectivity index (χ4v) is 5.16. The highest BCUT2D eigenvalue weighted by atomic mass is 35.5. The average molecular weight is 609 g/mol. The van der Waals surface area contributed by atoms with Crippen molar-refractivity contribution in [3.63, 3.8) is 0 Å². The molecule has 1 unspecified atom stereocenters. The van der Waals surface area contributed by atoms with Gasteiger partial charge in [-0.25, -0.2) is 12.8 Å². The number of hydrogen-bond acceptors (Lipinski definition) is 4. The molecular formula is C29H32Cl2FN3O4S. The highest BCUT2D eigenvalue weighted by Gasteiger charge is 2.33. The van der Waals surface area contributed by atoms with E-state index in [1.165, 1.54) is 11.0 Å². The van der Waals surface area contributed by atoms with Gasteiger partial charge in [0.1, 0.15) is 18.4 Å². The summed E-state index contributed by atoms with van der Waals surface area (Å²) < 4.78 is 40.2. The van der Waals surface area contributed by atoms with Crippen molar-refractivity contribution in [3.05, 3.63) is 99.8 Å². The van der Waals surface area contributed by atoms with Crippen molar-refractivity contribution in [2.75, 3.05) is 23.7 Å². The third-order valence-electron chi connectivity index (χ3n) is 6.09. The third kappa shape index (κ3) is 8.94. The summed E-state index contributed by atoms with van der Waals surface area (Å²) in [7, 11) is -3.99. The van der Waals surface area contributed by atoms with E-state index in [2.05, 4.69) is 5.32 Å². The average Bonchev–Trinajstić information content (AvgIpc) is 2.90. The molecule has 0 bridgehead atoms. The van der Waals surface area contributed by atoms with Gasteiger partial charge in [-0.2, -0.15) is 0 Å². The van der Waals surface area contributed by atoms with Gasteiger partial charge >= 0.3 is 0 Å². The number of amides is 2. The van der Waals surface area contributed by atoms with Crippen LogP contribution in [0.5, 0.6) is 0 Å². The smallest absolute Gasteiger partial charge is 0.244 e. The Morgan fingerprint density at radius 1 is 0.950 bits per heavy atom. The fraction of sp³-hybridized carbons (Fsp3) is 0.310. The number of nitrogens with one attached hydrogen (secondary N) is 1. The fourth-order valence-electron chi connectivity index (χ4n) is 4.02. The van der Waals surface area contributed by atoms with Crippen LogP contribution in [0.2, 0.25) is 10.0 Å². The molecule has 7 nitrogen and oxygen atoms in total. The molecule has 0 aromatic heterocycles. The van der Waals surface area contributed by atoms with Crippen molar-refractivity contribution in [2.24, 2.45) is 5.92 Å². The van der Waals surface area contributed by atoms with Crippen LogP contribution in [0, 0.1) is 11.7 Å². The third-order valence-corrected chi connectivity index (χ3v) is 7.77. The summed E-state index contributed by atoms with van der Waals surface area (Å²) in [4.78, 5) is 28.9. The van der Waals surface area contributed by atoms with Gasteiger partial charge < -0.3 is 10.2 Å². The van der Waals surface area contributed by atoms with Crippen molar-refractivity contribution < 1.29 is 22.4 Å². The van der Waals surface area contributed by atoms with E-state index >= 15 is 0 Å². The quantitative estimate of drug-likeness (QED) is 0.302. The molecule has 2 amide bonds. The minimum Gasteiger partial charge on any atom is -0.354 e. The van der Waals surface area contributed by atoms with Gasteiger partial charge in [-0.05, 0) is 47.4 Å². The molecule has 3 rings (SSSR count). The number of nitrogens with zero attached hydrogens (tertiary/aromatic N) is 2. The summed E-state index contributed by atoms with van der Waals surface area (Å²) in [6.07, 6.45) is 1.14. The molecular weight excluding hydrogens is 576 g/mol. The summed E-state index contributed by atoms with van der Waals surface area (Å²) in [5.74, 6) is -1.54. The van der Waals surface area contributed by atoms with E-state index in [1.807, 2.05) is 44.2 Å². The van der Waals surface area contributed by atoms with E-state index in [0.717, 1.165) is 28.3 Å². The first-order valence-electron chi connectivity index (χ1n) is 12.6. The lowest BCUT2D eigenvalue weighted by atomic mass is 10.0. The number of rotatable bonds is 12. The number of benzene rings is 3. The van der Waals surface area contributed by atoms with Gasteiger partial charge in [0, 0.05) is 24.5 Å². The zero-order valence-corrected chi connectivity index (χ0v) is 24.8. The number of hydrogen-bond donors (Lipinski definition) is 1. The Bertz CT molecular complexity index is 1420. The number of sulfonamides is 1. The van der Waals surface area contributed by atoms with Crippen LogP contribution in [-0.2, 0) is 32.6 Å². The van der Waals surface area contributed by atoms with Gasteiger partial charge in [0.15, 0.2) is 0 Å². The number of carbonyl (C=O) groups excluding carboxylic acids is 2.